The highest BCUT2D eigenvalue weighted by Gasteiger charge is 2.47. The zero-order chi connectivity index (χ0) is 27.7. The number of hydrogen-bond donors (Lipinski definition) is 0. The highest BCUT2D eigenvalue weighted by atomic mass is 15.2. The molecule has 0 spiro atoms. The molecule has 3 aliphatic rings. The van der Waals surface area contributed by atoms with Crippen LogP contribution in [-0.4, -0.2) is 11.3 Å². The predicted molar refractivity (Wildman–Crippen MR) is 178 cm³/mol. The van der Waals surface area contributed by atoms with Crippen molar-refractivity contribution in [2.24, 2.45) is 0 Å². The molecule has 0 atom stereocenters. The number of anilines is 3. The van der Waals surface area contributed by atoms with Crippen molar-refractivity contribution in [3.05, 3.63) is 139 Å². The molecule has 3 heterocycles. The van der Waals surface area contributed by atoms with Crippen molar-refractivity contribution >= 4 is 61.8 Å². The Kier molecular flexibility index (Phi) is 4.11. The van der Waals surface area contributed by atoms with Crippen molar-refractivity contribution in [3.63, 3.8) is 0 Å². The topological polar surface area (TPSA) is 8.17 Å². The smallest absolute Gasteiger partial charge is 0.252 e. The molecule has 2 aliphatic heterocycles. The van der Waals surface area contributed by atoms with Gasteiger partial charge < -0.3 is 9.47 Å². The molecule has 1 aromatic heterocycles. The van der Waals surface area contributed by atoms with Crippen LogP contribution in [0.1, 0.15) is 25.0 Å². The van der Waals surface area contributed by atoms with Crippen LogP contribution >= 0.6 is 0 Å². The first-order valence-corrected chi connectivity index (χ1v) is 14.9. The van der Waals surface area contributed by atoms with E-state index >= 15 is 0 Å². The zero-order valence-electron chi connectivity index (χ0n) is 23.6. The van der Waals surface area contributed by atoms with E-state index in [1.54, 1.807) is 0 Å². The maximum absolute atomic E-state index is 2.62. The van der Waals surface area contributed by atoms with Gasteiger partial charge in [-0.1, -0.05) is 111 Å². The van der Waals surface area contributed by atoms with Crippen LogP contribution in [0, 0.1) is 0 Å². The Bertz CT molecular complexity index is 2290. The van der Waals surface area contributed by atoms with Crippen LogP contribution < -0.4 is 21.3 Å². The van der Waals surface area contributed by atoms with Crippen molar-refractivity contribution in [1.82, 2.24) is 4.57 Å². The summed E-state index contributed by atoms with van der Waals surface area (Å²) in [6, 6.07) is 47.4. The highest BCUT2D eigenvalue weighted by Crippen LogP contribution is 2.56. The Hall–Kier alpha value is -5.02. The summed E-state index contributed by atoms with van der Waals surface area (Å²) in [6.45, 7) is 5.04. The Balaban J connectivity index is 1.38. The zero-order valence-corrected chi connectivity index (χ0v) is 23.6. The van der Waals surface area contributed by atoms with Gasteiger partial charge >= 0.3 is 0 Å². The van der Waals surface area contributed by atoms with Gasteiger partial charge in [0.25, 0.3) is 6.71 Å². The lowest BCUT2D eigenvalue weighted by Gasteiger charge is -2.40. The SMILES string of the molecule is CC1(C)c2c(ccc3ccccc23)-c2c1c1cccc3c1n2-c1cccc2c1B3c1ccccc1N2c1ccccc1. The monoisotopic (exact) mass is 534 g/mol. The molecule has 7 aromatic rings. The molecule has 10 rings (SSSR count). The Morgan fingerprint density at radius 1 is 0.548 bits per heavy atom. The third-order valence-corrected chi connectivity index (χ3v) is 10.1. The summed E-state index contributed by atoms with van der Waals surface area (Å²) < 4.78 is 2.62. The predicted octanol–water partition coefficient (Wildman–Crippen LogP) is 7.70. The van der Waals surface area contributed by atoms with Gasteiger partial charge in [0.2, 0.25) is 0 Å². The number of hydrogen-bond acceptors (Lipinski definition) is 1. The van der Waals surface area contributed by atoms with Gasteiger partial charge in [-0.25, -0.2) is 0 Å². The van der Waals surface area contributed by atoms with Crippen molar-refractivity contribution in [2.75, 3.05) is 4.90 Å². The van der Waals surface area contributed by atoms with Gasteiger partial charge in [-0.3, -0.25) is 0 Å². The van der Waals surface area contributed by atoms with Crippen molar-refractivity contribution < 1.29 is 0 Å². The summed E-state index contributed by atoms with van der Waals surface area (Å²) >= 11 is 0. The number of aromatic nitrogens is 1. The fourth-order valence-electron chi connectivity index (χ4n) is 8.62. The third kappa shape index (κ3) is 2.55. The summed E-state index contributed by atoms with van der Waals surface area (Å²) in [7, 11) is 0. The normalized spacial score (nSPS) is 15.0. The molecule has 0 unspecified atom stereocenters. The van der Waals surface area contributed by atoms with Crippen molar-refractivity contribution in [3.8, 4) is 16.9 Å². The van der Waals surface area contributed by atoms with E-state index in [9.17, 15) is 0 Å². The van der Waals surface area contributed by atoms with Gasteiger partial charge in [0.05, 0.1) is 5.69 Å². The third-order valence-electron chi connectivity index (χ3n) is 10.1. The second kappa shape index (κ2) is 7.63. The maximum atomic E-state index is 2.62. The molecule has 0 saturated heterocycles. The van der Waals surface area contributed by atoms with Gasteiger partial charge in [-0.05, 0) is 68.6 Å². The van der Waals surface area contributed by atoms with E-state index in [2.05, 4.69) is 151 Å². The summed E-state index contributed by atoms with van der Waals surface area (Å²) in [4.78, 5) is 2.46. The molecule has 6 aromatic carbocycles. The molecule has 0 fully saturated rings. The molecule has 1 aliphatic carbocycles. The molecule has 0 N–H and O–H groups in total. The molecule has 0 saturated carbocycles. The number of nitrogens with zero attached hydrogens (tertiary/aromatic N) is 2. The quantitative estimate of drug-likeness (QED) is 0.196. The van der Waals surface area contributed by atoms with E-state index in [0.29, 0.717) is 0 Å². The molecule has 0 bridgehead atoms. The molecule has 42 heavy (non-hydrogen) atoms. The van der Waals surface area contributed by atoms with Crippen LogP contribution in [0.3, 0.4) is 0 Å². The van der Waals surface area contributed by atoms with Crippen LogP contribution in [-0.2, 0) is 5.41 Å². The van der Waals surface area contributed by atoms with Gasteiger partial charge in [0.15, 0.2) is 0 Å². The Morgan fingerprint density at radius 3 is 2.14 bits per heavy atom. The Morgan fingerprint density at radius 2 is 1.24 bits per heavy atom. The van der Waals surface area contributed by atoms with Crippen LogP contribution in [0.25, 0.3) is 38.6 Å². The van der Waals surface area contributed by atoms with E-state index in [-0.39, 0.29) is 12.1 Å². The minimum Gasteiger partial charge on any atom is -0.311 e. The lowest BCUT2D eigenvalue weighted by atomic mass is 9.34. The van der Waals surface area contributed by atoms with Gasteiger partial charge in [0, 0.05) is 44.6 Å². The Labute approximate surface area is 245 Å². The van der Waals surface area contributed by atoms with Crippen LogP contribution in [0.15, 0.2) is 127 Å². The first kappa shape index (κ1) is 22.6. The first-order valence-electron chi connectivity index (χ1n) is 14.9. The molecule has 196 valence electrons. The molecule has 0 amide bonds. The van der Waals surface area contributed by atoms with Gasteiger partial charge in [0.1, 0.15) is 0 Å². The lowest BCUT2D eigenvalue weighted by molar-refractivity contribution is 0.672. The maximum Gasteiger partial charge on any atom is 0.252 e. The first-order chi connectivity index (χ1) is 20.6. The second-order valence-electron chi connectivity index (χ2n) is 12.5. The average molecular weight is 534 g/mol. The number of fused-ring (bicyclic) bond motifs is 11. The van der Waals surface area contributed by atoms with E-state index in [1.165, 1.54) is 83.2 Å². The summed E-state index contributed by atoms with van der Waals surface area (Å²) in [5, 5.41) is 4.05. The standard InChI is InChI=1S/C39H27BN2/c1-39(2)34-26-15-7-6-12-24(26)22-23-28(34)38-35(39)27-16-10-18-30-37(27)42(38)33-21-11-20-32-36(33)40(30)29-17-8-9-19-31(29)41(32)25-13-4-3-5-14-25/h3-23H,1-2H3. The second-order valence-corrected chi connectivity index (χ2v) is 12.5. The molecular formula is C39H27BN2. The highest BCUT2D eigenvalue weighted by molar-refractivity contribution is 7.00. The summed E-state index contributed by atoms with van der Waals surface area (Å²) in [5.74, 6) is 0. The summed E-state index contributed by atoms with van der Waals surface area (Å²) in [5.41, 5.74) is 16.1. The van der Waals surface area contributed by atoms with E-state index in [1.807, 2.05) is 0 Å². The largest absolute Gasteiger partial charge is 0.311 e. The molecule has 3 heteroatoms. The van der Waals surface area contributed by atoms with Gasteiger partial charge in [-0.2, -0.15) is 0 Å². The minimum atomic E-state index is -0.126. The minimum absolute atomic E-state index is 0.126. The van der Waals surface area contributed by atoms with E-state index in [0.717, 1.165) is 0 Å². The molecule has 0 radical (unpaired) electrons. The average Bonchev–Trinajstić information content (AvgIpc) is 3.51. The van der Waals surface area contributed by atoms with Crippen molar-refractivity contribution in [2.45, 2.75) is 19.3 Å². The molecule has 2 nitrogen and oxygen atoms in total. The van der Waals surface area contributed by atoms with Gasteiger partial charge in [-0.15, -0.1) is 0 Å². The van der Waals surface area contributed by atoms with Crippen molar-refractivity contribution in [1.29, 1.82) is 0 Å². The van der Waals surface area contributed by atoms with Crippen LogP contribution in [0.5, 0.6) is 0 Å². The fourth-order valence-corrected chi connectivity index (χ4v) is 8.62. The number of para-hydroxylation sites is 3. The lowest BCUT2D eigenvalue weighted by Crippen LogP contribution is -2.60. The summed E-state index contributed by atoms with van der Waals surface area (Å²) in [6.07, 6.45) is 0. The fraction of sp³-hybridized carbons (Fsp3) is 0.0769. The van der Waals surface area contributed by atoms with Crippen LogP contribution in [0.4, 0.5) is 17.1 Å². The van der Waals surface area contributed by atoms with E-state index in [4.69, 9.17) is 0 Å². The van der Waals surface area contributed by atoms with Crippen LogP contribution in [0.2, 0.25) is 0 Å². The van der Waals surface area contributed by atoms with E-state index < -0.39 is 0 Å². The number of rotatable bonds is 1. The number of benzene rings is 6. The molecular weight excluding hydrogens is 507 g/mol.